The van der Waals surface area contributed by atoms with Crippen LogP contribution < -0.4 is 10.0 Å². The number of nitrogens with one attached hydrogen (secondary N) is 2. The Balaban J connectivity index is 2.84. The van der Waals surface area contributed by atoms with Gasteiger partial charge in [-0.05, 0) is 39.0 Å². The summed E-state index contributed by atoms with van der Waals surface area (Å²) in [5, 5.41) is 11.3. The molecule has 6 nitrogen and oxygen atoms in total. The summed E-state index contributed by atoms with van der Waals surface area (Å²) in [5.41, 5.74) is -0.858. The number of nitrogens with zero attached hydrogens (tertiary/aromatic N) is 1. The van der Waals surface area contributed by atoms with Gasteiger partial charge in [0.2, 0.25) is 15.9 Å². The van der Waals surface area contributed by atoms with E-state index in [1.807, 2.05) is 0 Å². The van der Waals surface area contributed by atoms with Crippen molar-refractivity contribution in [2.75, 3.05) is 6.54 Å². The van der Waals surface area contributed by atoms with Gasteiger partial charge in [-0.25, -0.2) is 17.5 Å². The maximum absolute atomic E-state index is 13.2. The number of nitriles is 1. The largest absolute Gasteiger partial charge is 0.350 e. The number of carbonyl (C=O) groups excluding carboxylic acids is 1. The minimum absolute atomic E-state index is 0.274. The van der Waals surface area contributed by atoms with Crippen molar-refractivity contribution < 1.29 is 17.6 Å². The van der Waals surface area contributed by atoms with Gasteiger partial charge in [-0.3, -0.25) is 4.79 Å². The second kappa shape index (κ2) is 6.20. The van der Waals surface area contributed by atoms with Gasteiger partial charge in [0.1, 0.15) is 11.9 Å². The summed E-state index contributed by atoms with van der Waals surface area (Å²) >= 11 is 0. The van der Waals surface area contributed by atoms with E-state index in [9.17, 15) is 17.6 Å². The van der Waals surface area contributed by atoms with Crippen LogP contribution in [0.15, 0.2) is 23.1 Å². The van der Waals surface area contributed by atoms with E-state index in [4.69, 9.17) is 5.26 Å². The molecule has 2 N–H and O–H groups in total. The van der Waals surface area contributed by atoms with E-state index >= 15 is 0 Å². The molecule has 0 saturated heterocycles. The van der Waals surface area contributed by atoms with Gasteiger partial charge < -0.3 is 5.32 Å². The third-order valence-corrected chi connectivity index (χ3v) is 3.70. The van der Waals surface area contributed by atoms with Gasteiger partial charge in [0, 0.05) is 5.54 Å². The second-order valence-corrected chi connectivity index (χ2v) is 7.14. The number of benzene rings is 1. The molecule has 0 aromatic heterocycles. The average Bonchev–Trinajstić information content (AvgIpc) is 2.35. The van der Waals surface area contributed by atoms with Crippen molar-refractivity contribution in [2.45, 2.75) is 31.2 Å². The van der Waals surface area contributed by atoms with Crippen molar-refractivity contribution in [1.29, 1.82) is 5.26 Å². The highest BCUT2D eigenvalue weighted by atomic mass is 32.2. The molecule has 1 aromatic rings. The van der Waals surface area contributed by atoms with Gasteiger partial charge in [-0.15, -0.1) is 0 Å². The maximum Gasteiger partial charge on any atom is 0.241 e. The molecule has 21 heavy (non-hydrogen) atoms. The Bertz CT molecular complexity index is 688. The van der Waals surface area contributed by atoms with E-state index in [1.165, 1.54) is 0 Å². The van der Waals surface area contributed by atoms with Crippen molar-refractivity contribution in [3.05, 3.63) is 29.6 Å². The van der Waals surface area contributed by atoms with Gasteiger partial charge in [0.15, 0.2) is 0 Å². The zero-order valence-electron chi connectivity index (χ0n) is 11.9. The average molecular weight is 313 g/mol. The number of amides is 1. The molecule has 0 unspecified atom stereocenters. The third kappa shape index (κ3) is 5.13. The second-order valence-electron chi connectivity index (χ2n) is 5.38. The smallest absolute Gasteiger partial charge is 0.241 e. The van der Waals surface area contributed by atoms with Crippen LogP contribution in [0.1, 0.15) is 26.3 Å². The molecule has 0 saturated carbocycles. The lowest BCUT2D eigenvalue weighted by molar-refractivity contribution is -0.121. The molecular formula is C13H16FN3O3S. The Morgan fingerprint density at radius 3 is 2.52 bits per heavy atom. The van der Waals surface area contributed by atoms with Gasteiger partial charge in [-0.1, -0.05) is 0 Å². The summed E-state index contributed by atoms with van der Waals surface area (Å²) in [5.74, 6) is -1.30. The molecule has 0 fully saturated rings. The fourth-order valence-corrected chi connectivity index (χ4v) is 2.47. The van der Waals surface area contributed by atoms with E-state index in [1.54, 1.807) is 26.8 Å². The summed E-state index contributed by atoms with van der Waals surface area (Å²) < 4.78 is 39.2. The lowest BCUT2D eigenvalue weighted by Gasteiger charge is -2.20. The molecule has 0 bridgehead atoms. The molecule has 0 spiro atoms. The Kier molecular flexibility index (Phi) is 5.04. The van der Waals surface area contributed by atoms with E-state index < -0.39 is 33.8 Å². The number of sulfonamides is 1. The highest BCUT2D eigenvalue weighted by molar-refractivity contribution is 7.89. The zero-order chi connectivity index (χ0) is 16.3. The first-order valence-corrected chi connectivity index (χ1v) is 7.54. The minimum atomic E-state index is -3.99. The molecule has 114 valence electrons. The predicted molar refractivity (Wildman–Crippen MR) is 74.2 cm³/mol. The van der Waals surface area contributed by atoms with Gasteiger partial charge in [0.25, 0.3) is 0 Å². The van der Waals surface area contributed by atoms with E-state index in [0.29, 0.717) is 0 Å². The van der Waals surface area contributed by atoms with Crippen molar-refractivity contribution in [2.24, 2.45) is 0 Å². The highest BCUT2D eigenvalue weighted by Gasteiger charge is 2.19. The molecule has 0 atom stereocenters. The molecule has 1 rings (SSSR count). The van der Waals surface area contributed by atoms with Crippen molar-refractivity contribution in [3.8, 4) is 6.07 Å². The monoisotopic (exact) mass is 313 g/mol. The molecule has 0 aliphatic rings. The number of carbonyl (C=O) groups is 1. The molecule has 8 heteroatoms. The Morgan fingerprint density at radius 2 is 2.00 bits per heavy atom. The first-order chi connectivity index (χ1) is 9.55. The van der Waals surface area contributed by atoms with E-state index in [2.05, 4.69) is 10.0 Å². The third-order valence-electron chi connectivity index (χ3n) is 2.31. The van der Waals surface area contributed by atoms with Crippen LogP contribution in [0.25, 0.3) is 0 Å². The Hall–Kier alpha value is -1.98. The van der Waals surface area contributed by atoms with Gasteiger partial charge in [-0.2, -0.15) is 5.26 Å². The number of rotatable bonds is 4. The summed E-state index contributed by atoms with van der Waals surface area (Å²) in [6, 6.07) is 4.39. The normalized spacial score (nSPS) is 11.8. The Labute approximate surface area is 123 Å². The van der Waals surface area contributed by atoms with Crippen molar-refractivity contribution >= 4 is 15.9 Å². The highest BCUT2D eigenvalue weighted by Crippen LogP contribution is 2.14. The summed E-state index contributed by atoms with van der Waals surface area (Å²) in [4.78, 5) is 11.3. The molecular weight excluding hydrogens is 297 g/mol. The van der Waals surface area contributed by atoms with Crippen LogP contribution in [-0.2, 0) is 14.8 Å². The van der Waals surface area contributed by atoms with Crippen LogP contribution >= 0.6 is 0 Å². The van der Waals surface area contributed by atoms with Crippen LogP contribution in [0.3, 0.4) is 0 Å². The van der Waals surface area contributed by atoms with E-state index in [0.717, 1.165) is 18.2 Å². The summed E-state index contributed by atoms with van der Waals surface area (Å²) in [7, 11) is -3.99. The minimum Gasteiger partial charge on any atom is -0.350 e. The van der Waals surface area contributed by atoms with Crippen LogP contribution in [0.4, 0.5) is 4.39 Å². The molecule has 0 radical (unpaired) electrons. The molecule has 0 heterocycles. The van der Waals surface area contributed by atoms with Crippen LogP contribution in [0, 0.1) is 17.1 Å². The Morgan fingerprint density at radius 1 is 1.38 bits per heavy atom. The van der Waals surface area contributed by atoms with Crippen LogP contribution in [0.5, 0.6) is 0 Å². The first kappa shape index (κ1) is 17.1. The fourth-order valence-electron chi connectivity index (χ4n) is 1.46. The van der Waals surface area contributed by atoms with Crippen LogP contribution in [-0.4, -0.2) is 26.4 Å². The number of hydrogen-bond donors (Lipinski definition) is 2. The molecule has 1 aromatic carbocycles. The summed E-state index contributed by atoms with van der Waals surface area (Å²) in [6.07, 6.45) is 0. The predicted octanol–water partition coefficient (Wildman–Crippen LogP) is 0.890. The molecule has 0 aliphatic carbocycles. The van der Waals surface area contributed by atoms with Crippen molar-refractivity contribution in [1.82, 2.24) is 10.0 Å². The molecule has 1 amide bonds. The standard InChI is InChI=1S/C13H16FN3O3S/c1-13(2,3)17-12(18)8-16-21(19,20)10-4-5-11(14)9(6-10)7-15/h4-6,16H,8H2,1-3H3,(H,17,18). The zero-order valence-corrected chi connectivity index (χ0v) is 12.7. The first-order valence-electron chi connectivity index (χ1n) is 6.05. The lowest BCUT2D eigenvalue weighted by Crippen LogP contribution is -2.45. The SMILES string of the molecule is CC(C)(C)NC(=O)CNS(=O)(=O)c1ccc(F)c(C#N)c1. The van der Waals surface area contributed by atoms with Crippen LogP contribution in [0.2, 0.25) is 0 Å². The number of hydrogen-bond acceptors (Lipinski definition) is 4. The lowest BCUT2D eigenvalue weighted by atomic mass is 10.1. The number of halogens is 1. The van der Waals surface area contributed by atoms with Crippen molar-refractivity contribution in [3.63, 3.8) is 0 Å². The van der Waals surface area contributed by atoms with E-state index in [-0.39, 0.29) is 10.5 Å². The summed E-state index contributed by atoms with van der Waals surface area (Å²) in [6.45, 7) is 4.84. The van der Waals surface area contributed by atoms with Gasteiger partial charge >= 0.3 is 0 Å². The maximum atomic E-state index is 13.2. The van der Waals surface area contributed by atoms with Gasteiger partial charge in [0.05, 0.1) is 17.0 Å². The molecule has 0 aliphatic heterocycles. The quantitative estimate of drug-likeness (QED) is 0.862. The fraction of sp³-hybridized carbons (Fsp3) is 0.385. The topological polar surface area (TPSA) is 99.1 Å².